The highest BCUT2D eigenvalue weighted by Crippen LogP contribution is 2.33. The summed E-state index contributed by atoms with van der Waals surface area (Å²) in [4.78, 5) is 0. The lowest BCUT2D eigenvalue weighted by Gasteiger charge is -2.22. The van der Waals surface area contributed by atoms with E-state index in [4.69, 9.17) is 9.84 Å². The SMILES string of the molecule is CC(C)(C)Oc1ccc(C(O)C(F)(F)F)cc1. The highest BCUT2D eigenvalue weighted by molar-refractivity contribution is 5.29. The first-order chi connectivity index (χ1) is 7.59. The molecule has 0 saturated heterocycles. The first kappa shape index (κ1) is 13.8. The number of aliphatic hydroxyl groups is 1. The van der Waals surface area contributed by atoms with E-state index in [1.807, 2.05) is 20.8 Å². The Hall–Kier alpha value is -1.23. The molecule has 1 rings (SSSR count). The Kier molecular flexibility index (Phi) is 3.71. The van der Waals surface area contributed by atoms with E-state index >= 15 is 0 Å². The number of rotatable bonds is 2. The van der Waals surface area contributed by atoms with Crippen molar-refractivity contribution in [2.45, 2.75) is 38.7 Å². The first-order valence-corrected chi connectivity index (χ1v) is 5.13. The van der Waals surface area contributed by atoms with Crippen molar-refractivity contribution in [1.29, 1.82) is 0 Å². The van der Waals surface area contributed by atoms with E-state index in [9.17, 15) is 13.2 Å². The Labute approximate surface area is 98.0 Å². The van der Waals surface area contributed by atoms with E-state index in [-0.39, 0.29) is 5.56 Å². The monoisotopic (exact) mass is 248 g/mol. The number of hydrogen-bond acceptors (Lipinski definition) is 2. The molecule has 0 aliphatic heterocycles. The van der Waals surface area contributed by atoms with Crippen molar-refractivity contribution in [2.75, 3.05) is 0 Å². The van der Waals surface area contributed by atoms with Crippen LogP contribution in [0.5, 0.6) is 5.75 Å². The van der Waals surface area contributed by atoms with Crippen LogP contribution >= 0.6 is 0 Å². The van der Waals surface area contributed by atoms with Gasteiger partial charge in [0.05, 0.1) is 0 Å². The van der Waals surface area contributed by atoms with Crippen LogP contribution in [-0.2, 0) is 0 Å². The highest BCUT2D eigenvalue weighted by Gasteiger charge is 2.39. The molecule has 0 fully saturated rings. The quantitative estimate of drug-likeness (QED) is 0.868. The summed E-state index contributed by atoms with van der Waals surface area (Å²) in [5.74, 6) is 0.468. The summed E-state index contributed by atoms with van der Waals surface area (Å²) >= 11 is 0. The molecule has 0 heterocycles. The van der Waals surface area contributed by atoms with Crippen LogP contribution < -0.4 is 4.74 Å². The molecule has 1 aromatic rings. The second kappa shape index (κ2) is 4.56. The van der Waals surface area contributed by atoms with Crippen molar-refractivity contribution in [3.8, 4) is 5.75 Å². The molecule has 1 unspecified atom stereocenters. The standard InChI is InChI=1S/C12H15F3O2/c1-11(2,3)17-9-6-4-8(5-7-9)10(16)12(13,14)15/h4-7,10,16H,1-3H3. The van der Waals surface area contributed by atoms with Crippen LogP contribution in [0.15, 0.2) is 24.3 Å². The lowest BCUT2D eigenvalue weighted by molar-refractivity contribution is -0.206. The first-order valence-electron chi connectivity index (χ1n) is 5.13. The molecule has 96 valence electrons. The Morgan fingerprint density at radius 3 is 1.88 bits per heavy atom. The van der Waals surface area contributed by atoms with Crippen molar-refractivity contribution in [3.05, 3.63) is 29.8 Å². The molecule has 1 atom stereocenters. The minimum absolute atomic E-state index is 0.196. The molecule has 0 amide bonds. The Morgan fingerprint density at radius 1 is 1.06 bits per heavy atom. The molecule has 0 aliphatic carbocycles. The largest absolute Gasteiger partial charge is 0.488 e. The second-order valence-electron chi connectivity index (χ2n) is 4.73. The minimum Gasteiger partial charge on any atom is -0.488 e. The van der Waals surface area contributed by atoms with Gasteiger partial charge in [-0.15, -0.1) is 0 Å². The zero-order chi connectivity index (χ0) is 13.3. The molecule has 0 bridgehead atoms. The van der Waals surface area contributed by atoms with Crippen LogP contribution in [0.2, 0.25) is 0 Å². The molecular weight excluding hydrogens is 233 g/mol. The van der Waals surface area contributed by atoms with Gasteiger partial charge in [-0.2, -0.15) is 13.2 Å². The zero-order valence-electron chi connectivity index (χ0n) is 9.88. The Bertz CT molecular complexity index is 363. The zero-order valence-corrected chi connectivity index (χ0v) is 9.88. The molecule has 2 nitrogen and oxygen atoms in total. The maximum atomic E-state index is 12.2. The van der Waals surface area contributed by atoms with Crippen molar-refractivity contribution in [2.24, 2.45) is 0 Å². The van der Waals surface area contributed by atoms with Gasteiger partial charge < -0.3 is 9.84 Å². The van der Waals surface area contributed by atoms with Gasteiger partial charge in [-0.3, -0.25) is 0 Å². The minimum atomic E-state index is -4.65. The Balaban J connectivity index is 2.82. The maximum absolute atomic E-state index is 12.2. The second-order valence-corrected chi connectivity index (χ2v) is 4.73. The number of ether oxygens (including phenoxy) is 1. The van der Waals surface area contributed by atoms with Gasteiger partial charge in [-0.05, 0) is 38.5 Å². The fourth-order valence-corrected chi connectivity index (χ4v) is 1.26. The van der Waals surface area contributed by atoms with Gasteiger partial charge in [0, 0.05) is 0 Å². The van der Waals surface area contributed by atoms with Gasteiger partial charge in [0.15, 0.2) is 6.10 Å². The molecule has 5 heteroatoms. The summed E-state index contributed by atoms with van der Waals surface area (Å²) in [5.41, 5.74) is -0.608. The fourth-order valence-electron chi connectivity index (χ4n) is 1.26. The van der Waals surface area contributed by atoms with Crippen molar-refractivity contribution >= 4 is 0 Å². The molecular formula is C12H15F3O2. The normalized spacial score (nSPS) is 14.5. The van der Waals surface area contributed by atoms with E-state index in [1.54, 1.807) is 0 Å². The summed E-state index contributed by atoms with van der Waals surface area (Å²) in [6, 6.07) is 5.24. The van der Waals surface area contributed by atoms with Gasteiger partial charge in [0.25, 0.3) is 0 Å². The summed E-state index contributed by atoms with van der Waals surface area (Å²) in [6.45, 7) is 5.52. The summed E-state index contributed by atoms with van der Waals surface area (Å²) in [7, 11) is 0. The van der Waals surface area contributed by atoms with Crippen LogP contribution in [0.3, 0.4) is 0 Å². The van der Waals surface area contributed by atoms with E-state index in [0.717, 1.165) is 0 Å². The molecule has 0 spiro atoms. The lowest BCUT2D eigenvalue weighted by Crippen LogP contribution is -2.23. The average Bonchev–Trinajstić information content (AvgIpc) is 2.14. The van der Waals surface area contributed by atoms with Gasteiger partial charge in [-0.1, -0.05) is 12.1 Å². The van der Waals surface area contributed by atoms with Crippen LogP contribution in [0, 0.1) is 0 Å². The molecule has 17 heavy (non-hydrogen) atoms. The van der Waals surface area contributed by atoms with E-state index < -0.39 is 17.9 Å². The summed E-state index contributed by atoms with van der Waals surface area (Å²) in [5, 5.41) is 9.01. The molecule has 0 saturated carbocycles. The van der Waals surface area contributed by atoms with Gasteiger partial charge in [0.2, 0.25) is 0 Å². The van der Waals surface area contributed by atoms with Gasteiger partial charge >= 0.3 is 6.18 Å². The Morgan fingerprint density at radius 2 is 1.53 bits per heavy atom. The van der Waals surface area contributed by atoms with Crippen molar-refractivity contribution in [3.63, 3.8) is 0 Å². The molecule has 0 radical (unpaired) electrons. The van der Waals surface area contributed by atoms with Crippen LogP contribution in [0.4, 0.5) is 13.2 Å². The molecule has 0 aromatic heterocycles. The van der Waals surface area contributed by atoms with Crippen LogP contribution in [0.25, 0.3) is 0 Å². The topological polar surface area (TPSA) is 29.5 Å². The third-order valence-electron chi connectivity index (χ3n) is 1.93. The van der Waals surface area contributed by atoms with E-state index in [1.165, 1.54) is 24.3 Å². The predicted octanol–water partition coefficient (Wildman–Crippen LogP) is 3.46. The number of alkyl halides is 3. The number of benzene rings is 1. The van der Waals surface area contributed by atoms with Crippen LogP contribution in [0.1, 0.15) is 32.4 Å². The van der Waals surface area contributed by atoms with Gasteiger partial charge in [-0.25, -0.2) is 0 Å². The molecule has 1 aromatic carbocycles. The van der Waals surface area contributed by atoms with Crippen molar-refractivity contribution in [1.82, 2.24) is 0 Å². The number of hydrogen-bond donors (Lipinski definition) is 1. The fraction of sp³-hybridized carbons (Fsp3) is 0.500. The maximum Gasteiger partial charge on any atom is 0.418 e. The van der Waals surface area contributed by atoms with E-state index in [2.05, 4.69) is 0 Å². The van der Waals surface area contributed by atoms with Crippen molar-refractivity contribution < 1.29 is 23.0 Å². The average molecular weight is 248 g/mol. The number of halogens is 3. The number of aliphatic hydroxyl groups excluding tert-OH is 1. The molecule has 0 aliphatic rings. The highest BCUT2D eigenvalue weighted by atomic mass is 19.4. The lowest BCUT2D eigenvalue weighted by atomic mass is 10.1. The molecule has 1 N–H and O–H groups in total. The predicted molar refractivity (Wildman–Crippen MR) is 57.8 cm³/mol. The van der Waals surface area contributed by atoms with Crippen LogP contribution in [-0.4, -0.2) is 16.9 Å². The van der Waals surface area contributed by atoms with Gasteiger partial charge in [0.1, 0.15) is 11.4 Å². The third kappa shape index (κ3) is 4.26. The summed E-state index contributed by atoms with van der Waals surface area (Å²) < 4.78 is 42.1. The smallest absolute Gasteiger partial charge is 0.418 e. The third-order valence-corrected chi connectivity index (χ3v) is 1.93. The van der Waals surface area contributed by atoms with E-state index in [0.29, 0.717) is 5.75 Å². The summed E-state index contributed by atoms with van der Waals surface area (Å²) in [6.07, 6.45) is -7.10.